The fourth-order valence-corrected chi connectivity index (χ4v) is 3.19. The Morgan fingerprint density at radius 3 is 2.56 bits per heavy atom. The van der Waals surface area contributed by atoms with Crippen molar-refractivity contribution in [3.05, 3.63) is 81.1 Å². The molecule has 1 aromatic heterocycles. The summed E-state index contributed by atoms with van der Waals surface area (Å²) in [4.78, 5) is 24.1. The maximum atomic E-state index is 12.7. The minimum atomic E-state index is -0.272. The van der Waals surface area contributed by atoms with Gasteiger partial charge in [0.05, 0.1) is 18.7 Å². The summed E-state index contributed by atoms with van der Waals surface area (Å²) in [5.41, 5.74) is 2.21. The Kier molecular flexibility index (Phi) is 5.72. The summed E-state index contributed by atoms with van der Waals surface area (Å²) >= 11 is 6.07. The molecule has 0 bridgehead atoms. The first-order valence-electron chi connectivity index (χ1n) is 8.50. The maximum absolute atomic E-state index is 12.7. The Morgan fingerprint density at radius 1 is 1.15 bits per heavy atom. The van der Waals surface area contributed by atoms with Crippen molar-refractivity contribution >= 4 is 17.9 Å². The summed E-state index contributed by atoms with van der Waals surface area (Å²) in [7, 11) is 1.48. The van der Waals surface area contributed by atoms with Gasteiger partial charge in [0, 0.05) is 16.7 Å². The quantitative estimate of drug-likeness (QED) is 0.600. The number of carbonyl (C=O) groups excluding carboxylic acids is 1. The van der Waals surface area contributed by atoms with Crippen molar-refractivity contribution in [3.8, 4) is 17.0 Å². The second-order valence-corrected chi connectivity index (χ2v) is 6.67. The summed E-state index contributed by atoms with van der Waals surface area (Å²) in [6.45, 7) is 1.93. The highest BCUT2D eigenvalue weighted by Gasteiger charge is 2.18. The number of nitrogens with zero attached hydrogens (tertiary/aromatic N) is 2. The van der Waals surface area contributed by atoms with Crippen molar-refractivity contribution in [2.24, 2.45) is 0 Å². The van der Waals surface area contributed by atoms with Crippen molar-refractivity contribution in [1.82, 2.24) is 9.78 Å². The van der Waals surface area contributed by atoms with Crippen LogP contribution in [0.2, 0.25) is 5.02 Å². The van der Waals surface area contributed by atoms with Crippen LogP contribution in [-0.4, -0.2) is 23.2 Å². The number of aldehydes is 1. The van der Waals surface area contributed by atoms with Crippen LogP contribution in [0, 0.1) is 0 Å². The monoisotopic (exact) mass is 382 g/mol. The van der Waals surface area contributed by atoms with E-state index in [-0.39, 0.29) is 17.5 Å². The molecule has 3 aromatic rings. The van der Waals surface area contributed by atoms with Gasteiger partial charge in [0.25, 0.3) is 5.56 Å². The van der Waals surface area contributed by atoms with Gasteiger partial charge in [-0.2, -0.15) is 0 Å². The fourth-order valence-electron chi connectivity index (χ4n) is 3.02. The van der Waals surface area contributed by atoms with Crippen LogP contribution in [0.3, 0.4) is 0 Å². The number of benzene rings is 2. The molecule has 0 N–H and O–H groups in total. The highest BCUT2D eigenvalue weighted by atomic mass is 35.5. The van der Waals surface area contributed by atoms with E-state index in [0.29, 0.717) is 34.4 Å². The molecule has 138 valence electrons. The molecule has 0 aliphatic carbocycles. The van der Waals surface area contributed by atoms with Crippen LogP contribution in [0.1, 0.15) is 28.9 Å². The van der Waals surface area contributed by atoms with Crippen molar-refractivity contribution in [2.75, 3.05) is 7.11 Å². The summed E-state index contributed by atoms with van der Waals surface area (Å²) in [5, 5.41) is 4.85. The van der Waals surface area contributed by atoms with E-state index in [4.69, 9.17) is 16.3 Å². The molecular formula is C21H19ClN2O3. The summed E-state index contributed by atoms with van der Waals surface area (Å²) in [6.07, 6.45) is 1.38. The lowest BCUT2D eigenvalue weighted by Gasteiger charge is -2.17. The van der Waals surface area contributed by atoms with Gasteiger partial charge in [0.2, 0.25) is 5.88 Å². The smallest absolute Gasteiger partial charge is 0.267 e. The van der Waals surface area contributed by atoms with Gasteiger partial charge in [0.1, 0.15) is 0 Å². The van der Waals surface area contributed by atoms with Gasteiger partial charge in [-0.25, -0.2) is 4.68 Å². The summed E-state index contributed by atoms with van der Waals surface area (Å²) < 4.78 is 6.81. The molecule has 2 aromatic carbocycles. The lowest BCUT2D eigenvalue weighted by molar-refractivity contribution is 0.112. The predicted octanol–water partition coefficient (Wildman–Crippen LogP) is 4.19. The van der Waals surface area contributed by atoms with E-state index in [1.807, 2.05) is 37.3 Å². The van der Waals surface area contributed by atoms with Crippen LogP contribution in [0.5, 0.6) is 5.88 Å². The summed E-state index contributed by atoms with van der Waals surface area (Å²) in [6, 6.07) is 16.0. The number of hydrogen-bond donors (Lipinski definition) is 0. The van der Waals surface area contributed by atoms with Crippen LogP contribution in [0.15, 0.2) is 59.4 Å². The number of ether oxygens (including phenoxy) is 1. The van der Waals surface area contributed by atoms with E-state index in [9.17, 15) is 9.59 Å². The van der Waals surface area contributed by atoms with E-state index >= 15 is 0 Å². The minimum absolute atomic E-state index is 0.159. The molecule has 6 heteroatoms. The van der Waals surface area contributed by atoms with Crippen LogP contribution < -0.4 is 10.3 Å². The molecule has 0 aliphatic rings. The van der Waals surface area contributed by atoms with Crippen LogP contribution in [-0.2, 0) is 6.42 Å². The van der Waals surface area contributed by atoms with Gasteiger partial charge < -0.3 is 4.74 Å². The van der Waals surface area contributed by atoms with E-state index in [1.54, 1.807) is 18.2 Å². The third-order valence-electron chi connectivity index (χ3n) is 4.34. The second-order valence-electron chi connectivity index (χ2n) is 6.24. The number of halogens is 1. The highest BCUT2D eigenvalue weighted by Crippen LogP contribution is 2.31. The van der Waals surface area contributed by atoms with Crippen molar-refractivity contribution in [1.29, 1.82) is 0 Å². The van der Waals surface area contributed by atoms with Gasteiger partial charge in [-0.05, 0) is 42.7 Å². The standard InChI is InChI=1S/C21H19ClN2O3/c1-14(10-15-6-4-3-5-7-15)24-20(26)12-19(21(23-24)27-2)18-11-17(22)9-8-16(18)13-25/h3-9,11-14H,10H2,1-2H3. The maximum Gasteiger partial charge on any atom is 0.267 e. The van der Waals surface area contributed by atoms with Crippen LogP contribution in [0.4, 0.5) is 0 Å². The second kappa shape index (κ2) is 8.18. The van der Waals surface area contributed by atoms with Gasteiger partial charge >= 0.3 is 0 Å². The molecule has 0 saturated carbocycles. The van der Waals surface area contributed by atoms with Crippen molar-refractivity contribution in [3.63, 3.8) is 0 Å². The molecule has 3 rings (SSSR count). The number of aromatic nitrogens is 2. The molecular weight excluding hydrogens is 364 g/mol. The zero-order valence-electron chi connectivity index (χ0n) is 15.1. The van der Waals surface area contributed by atoms with Gasteiger partial charge in [-0.15, -0.1) is 5.10 Å². The molecule has 0 spiro atoms. The normalized spacial score (nSPS) is 11.8. The van der Waals surface area contributed by atoms with E-state index in [1.165, 1.54) is 17.9 Å². The Labute approximate surface area is 162 Å². The highest BCUT2D eigenvalue weighted by molar-refractivity contribution is 6.31. The van der Waals surface area contributed by atoms with Crippen LogP contribution >= 0.6 is 11.6 Å². The lowest BCUT2D eigenvalue weighted by atomic mass is 10.0. The first-order chi connectivity index (χ1) is 13.0. The van der Waals surface area contributed by atoms with E-state index < -0.39 is 0 Å². The number of methoxy groups -OCH3 is 1. The van der Waals surface area contributed by atoms with Gasteiger partial charge in [-0.1, -0.05) is 41.9 Å². The molecule has 0 saturated heterocycles. The van der Waals surface area contributed by atoms with E-state index in [2.05, 4.69) is 5.10 Å². The van der Waals surface area contributed by atoms with Gasteiger partial charge in [0.15, 0.2) is 6.29 Å². The molecule has 1 heterocycles. The first-order valence-corrected chi connectivity index (χ1v) is 8.88. The molecule has 0 fully saturated rings. The third kappa shape index (κ3) is 4.09. The Morgan fingerprint density at radius 2 is 1.89 bits per heavy atom. The van der Waals surface area contributed by atoms with Crippen LogP contribution in [0.25, 0.3) is 11.1 Å². The lowest BCUT2D eigenvalue weighted by Crippen LogP contribution is -2.27. The number of carbonyl (C=O) groups is 1. The number of rotatable bonds is 6. The summed E-state index contributed by atoms with van der Waals surface area (Å²) in [5.74, 6) is 0.264. The Bertz CT molecular complexity index is 1020. The van der Waals surface area contributed by atoms with Gasteiger partial charge in [-0.3, -0.25) is 9.59 Å². The zero-order chi connectivity index (χ0) is 19.4. The SMILES string of the molecule is COc1nn(C(C)Cc2ccccc2)c(=O)cc1-c1cc(Cl)ccc1C=O. The average Bonchev–Trinajstić information content (AvgIpc) is 2.68. The van der Waals surface area contributed by atoms with E-state index in [0.717, 1.165) is 5.56 Å². The van der Waals surface area contributed by atoms with Crippen molar-refractivity contribution in [2.45, 2.75) is 19.4 Å². The molecule has 1 atom stereocenters. The Balaban J connectivity index is 2.05. The van der Waals surface area contributed by atoms with Crippen molar-refractivity contribution < 1.29 is 9.53 Å². The molecule has 1 unspecified atom stereocenters. The third-order valence-corrected chi connectivity index (χ3v) is 4.57. The molecule has 27 heavy (non-hydrogen) atoms. The average molecular weight is 383 g/mol. The zero-order valence-corrected chi connectivity index (χ0v) is 15.8. The molecule has 0 aliphatic heterocycles. The topological polar surface area (TPSA) is 61.2 Å². The largest absolute Gasteiger partial charge is 0.480 e. The Hall–Kier alpha value is -2.92. The first kappa shape index (κ1) is 18.9. The molecule has 0 amide bonds. The molecule has 5 nitrogen and oxygen atoms in total. The molecule has 0 radical (unpaired) electrons. The predicted molar refractivity (Wildman–Crippen MR) is 106 cm³/mol. The minimum Gasteiger partial charge on any atom is -0.480 e. The fraction of sp³-hybridized carbons (Fsp3) is 0.190. The number of hydrogen-bond acceptors (Lipinski definition) is 4.